The lowest BCUT2D eigenvalue weighted by molar-refractivity contribution is -0.870. The van der Waals surface area contributed by atoms with E-state index >= 15 is 0 Å². The number of hydrogen-bond donors (Lipinski definition) is 3. The van der Waals surface area contributed by atoms with E-state index in [2.05, 4.69) is 55.6 Å². The second-order valence-corrected chi connectivity index (χ2v) is 30.2. The van der Waals surface area contributed by atoms with Crippen LogP contribution in [0.3, 0.4) is 0 Å². The van der Waals surface area contributed by atoms with Gasteiger partial charge in [-0.2, -0.15) is 0 Å². The smallest absolute Gasteiger partial charge is 0.387 e. The maximum absolute atomic E-state index is 13.1. The van der Waals surface area contributed by atoms with Gasteiger partial charge in [-0.15, -0.1) is 0 Å². The number of unbranched alkanes of at least 4 members (excludes halogenated alkanes) is 56. The number of rotatable bonds is 75. The summed E-state index contributed by atoms with van der Waals surface area (Å²) in [6.07, 6.45) is 98.9. The topological polar surface area (TPSA) is 105 Å². The van der Waals surface area contributed by atoms with Gasteiger partial charge in [0.25, 0.3) is 0 Å². The predicted molar refractivity (Wildman–Crippen MR) is 397 cm³/mol. The van der Waals surface area contributed by atoms with Crippen molar-refractivity contribution in [3.8, 4) is 0 Å². The number of carbonyl (C=O) groups is 1. The second kappa shape index (κ2) is 71.7. The molecule has 532 valence electrons. The minimum atomic E-state index is -4.37. The Kier molecular flexibility index (Phi) is 70.5. The monoisotopic (exact) mass is 1290 g/mol. The van der Waals surface area contributed by atoms with Crippen LogP contribution in [0.1, 0.15) is 412 Å². The number of aliphatic hydroxyl groups excluding tert-OH is 1. The van der Waals surface area contributed by atoms with Crippen LogP contribution in [0.15, 0.2) is 48.6 Å². The molecule has 90 heavy (non-hydrogen) atoms. The molecule has 0 aliphatic carbocycles. The fourth-order valence-electron chi connectivity index (χ4n) is 12.3. The summed E-state index contributed by atoms with van der Waals surface area (Å²) in [6, 6.07) is -0.871. The van der Waals surface area contributed by atoms with E-state index in [1.54, 1.807) is 6.08 Å². The summed E-state index contributed by atoms with van der Waals surface area (Å²) in [7, 11) is 1.56. The standard InChI is InChI=1S/C81H157N2O6P/c1-6-8-10-12-14-16-18-20-22-24-26-28-30-32-34-36-37-38-39-40-41-42-43-44-45-47-49-51-53-55-57-59-61-63-65-67-69-71-73-75-81(85)82-79(78-89-90(86,87)88-77-76-83(3,4)5)80(84)74-72-70-68-66-64-62-60-58-56-54-52-50-48-46-35-33-31-29-27-25-23-21-19-17-15-13-11-9-7-2/h24,26,56,58,64,66,72,74,79-80,84H,6-23,25,27-55,57,59-63,65,67-71,73,75-78H2,1-5H3,(H-,82,85,86,87)/p+1/b26-24-,58-56+,66-64+,74-72+. The molecule has 3 N–H and O–H groups in total. The van der Waals surface area contributed by atoms with Crippen LogP contribution >= 0.6 is 7.82 Å². The number of hydrogen-bond acceptors (Lipinski definition) is 5. The average Bonchev–Trinajstić information content (AvgIpc) is 3.72. The summed E-state index contributed by atoms with van der Waals surface area (Å²) < 4.78 is 23.8. The Bertz CT molecular complexity index is 1610. The van der Waals surface area contributed by atoms with Crippen molar-refractivity contribution < 1.29 is 32.9 Å². The van der Waals surface area contributed by atoms with Crippen molar-refractivity contribution in [2.24, 2.45) is 0 Å². The second-order valence-electron chi connectivity index (χ2n) is 28.8. The number of carbonyl (C=O) groups excluding carboxylic acids is 1. The Hall–Kier alpha value is -1.54. The summed E-state index contributed by atoms with van der Waals surface area (Å²) in [4.78, 5) is 23.5. The molecule has 0 rings (SSSR count). The zero-order valence-electron chi connectivity index (χ0n) is 61.2. The third-order valence-corrected chi connectivity index (χ3v) is 19.5. The molecule has 3 atom stereocenters. The molecule has 0 heterocycles. The average molecular weight is 1290 g/mol. The number of phosphoric acid groups is 1. The molecule has 0 spiro atoms. The fraction of sp³-hybridized carbons (Fsp3) is 0.889. The Labute approximate surface area is 562 Å². The lowest BCUT2D eigenvalue weighted by Crippen LogP contribution is -2.45. The van der Waals surface area contributed by atoms with E-state index in [9.17, 15) is 19.4 Å². The van der Waals surface area contributed by atoms with Crippen LogP contribution in [0, 0.1) is 0 Å². The van der Waals surface area contributed by atoms with Gasteiger partial charge in [-0.05, 0) is 70.6 Å². The van der Waals surface area contributed by atoms with Gasteiger partial charge in [0.05, 0.1) is 39.9 Å². The highest BCUT2D eigenvalue weighted by Gasteiger charge is 2.28. The molecule has 3 unspecified atom stereocenters. The van der Waals surface area contributed by atoms with E-state index in [-0.39, 0.29) is 19.1 Å². The number of nitrogens with zero attached hydrogens (tertiary/aromatic N) is 1. The predicted octanol–water partition coefficient (Wildman–Crippen LogP) is 26.1. The minimum absolute atomic E-state index is 0.0549. The fourth-order valence-corrected chi connectivity index (χ4v) is 13.0. The highest BCUT2D eigenvalue weighted by molar-refractivity contribution is 7.47. The van der Waals surface area contributed by atoms with Crippen LogP contribution in [-0.2, 0) is 18.4 Å². The van der Waals surface area contributed by atoms with Gasteiger partial charge in [0.15, 0.2) is 0 Å². The van der Waals surface area contributed by atoms with E-state index in [0.29, 0.717) is 17.4 Å². The van der Waals surface area contributed by atoms with E-state index in [4.69, 9.17) is 9.05 Å². The lowest BCUT2D eigenvalue weighted by Gasteiger charge is -2.25. The molecule has 0 saturated carbocycles. The Balaban J connectivity index is 3.97. The summed E-state index contributed by atoms with van der Waals surface area (Å²) in [5.41, 5.74) is 0. The molecular weight excluding hydrogens is 1130 g/mol. The minimum Gasteiger partial charge on any atom is -0.387 e. The molecule has 0 aliphatic rings. The molecule has 9 heteroatoms. The first-order valence-corrected chi connectivity index (χ1v) is 41.5. The molecule has 0 bridgehead atoms. The van der Waals surface area contributed by atoms with Crippen molar-refractivity contribution in [1.29, 1.82) is 0 Å². The summed E-state index contributed by atoms with van der Waals surface area (Å²) in [5.74, 6) is -0.183. The van der Waals surface area contributed by atoms with Gasteiger partial charge < -0.3 is 19.8 Å². The third kappa shape index (κ3) is 73.9. The van der Waals surface area contributed by atoms with Crippen LogP contribution in [-0.4, -0.2) is 73.4 Å². The molecule has 0 aromatic carbocycles. The van der Waals surface area contributed by atoms with Crippen LogP contribution < -0.4 is 5.32 Å². The molecule has 8 nitrogen and oxygen atoms in total. The Morgan fingerprint density at radius 2 is 0.611 bits per heavy atom. The molecule has 0 aromatic heterocycles. The number of aliphatic hydroxyl groups is 1. The van der Waals surface area contributed by atoms with Gasteiger partial charge in [-0.3, -0.25) is 13.8 Å². The van der Waals surface area contributed by atoms with Crippen molar-refractivity contribution in [3.05, 3.63) is 48.6 Å². The maximum Gasteiger partial charge on any atom is 0.472 e. The van der Waals surface area contributed by atoms with E-state index in [1.165, 1.54) is 347 Å². The zero-order chi connectivity index (χ0) is 65.5. The van der Waals surface area contributed by atoms with Crippen molar-refractivity contribution in [2.45, 2.75) is 424 Å². The summed E-state index contributed by atoms with van der Waals surface area (Å²) in [6.45, 7) is 4.85. The molecule has 0 radical (unpaired) electrons. The number of nitrogens with one attached hydrogen (secondary N) is 1. The normalized spacial score (nSPS) is 13.7. The van der Waals surface area contributed by atoms with E-state index in [0.717, 1.165) is 44.9 Å². The molecule has 0 saturated heterocycles. The van der Waals surface area contributed by atoms with Crippen LogP contribution in [0.5, 0.6) is 0 Å². The van der Waals surface area contributed by atoms with Crippen molar-refractivity contribution >= 4 is 13.7 Å². The van der Waals surface area contributed by atoms with Gasteiger partial charge in [0.1, 0.15) is 13.2 Å². The van der Waals surface area contributed by atoms with Gasteiger partial charge >= 0.3 is 7.82 Å². The Morgan fingerprint density at radius 3 is 0.889 bits per heavy atom. The van der Waals surface area contributed by atoms with Gasteiger partial charge in [0.2, 0.25) is 5.91 Å². The number of phosphoric ester groups is 1. The van der Waals surface area contributed by atoms with E-state index < -0.39 is 20.0 Å². The molecule has 0 aromatic rings. The van der Waals surface area contributed by atoms with Crippen molar-refractivity contribution in [1.82, 2.24) is 5.32 Å². The number of allylic oxidation sites excluding steroid dienone is 7. The van der Waals surface area contributed by atoms with Crippen molar-refractivity contribution in [3.63, 3.8) is 0 Å². The highest BCUT2D eigenvalue weighted by Crippen LogP contribution is 2.43. The number of likely N-dealkylation sites (N-methyl/N-ethyl adjacent to an activating group) is 1. The first-order valence-electron chi connectivity index (χ1n) is 40.0. The van der Waals surface area contributed by atoms with E-state index in [1.807, 2.05) is 27.2 Å². The van der Waals surface area contributed by atoms with Gasteiger partial charge in [-0.25, -0.2) is 4.57 Å². The zero-order valence-corrected chi connectivity index (χ0v) is 62.1. The molecular formula is C81H158N2O6P+. The Morgan fingerprint density at radius 1 is 0.367 bits per heavy atom. The van der Waals surface area contributed by atoms with Gasteiger partial charge in [-0.1, -0.05) is 383 Å². The van der Waals surface area contributed by atoms with Crippen LogP contribution in [0.25, 0.3) is 0 Å². The first kappa shape index (κ1) is 88.5. The molecule has 1 amide bonds. The third-order valence-electron chi connectivity index (χ3n) is 18.5. The quantitative estimate of drug-likeness (QED) is 0.0243. The lowest BCUT2D eigenvalue weighted by atomic mass is 10.0. The SMILES string of the molecule is CCCCCCCCCC/C=C\CCCCCCCCCCCCCCCCCCCCCCCCCCCCCC(=O)NC(COP(=O)(O)OCC[N+](C)(C)C)C(O)/C=C/CC/C=C/CC/C=C/CCCCCCCCCCCCCCCCCCCCC. The maximum atomic E-state index is 13.1. The highest BCUT2D eigenvalue weighted by atomic mass is 31.2. The number of amides is 1. The molecule has 0 aliphatic heterocycles. The van der Waals surface area contributed by atoms with Crippen molar-refractivity contribution in [2.75, 3.05) is 40.9 Å². The van der Waals surface area contributed by atoms with Crippen LogP contribution in [0.2, 0.25) is 0 Å². The van der Waals surface area contributed by atoms with Gasteiger partial charge in [0, 0.05) is 6.42 Å². The summed E-state index contributed by atoms with van der Waals surface area (Å²) in [5, 5.41) is 14.0. The largest absolute Gasteiger partial charge is 0.472 e. The first-order chi connectivity index (χ1) is 44.0. The molecule has 0 fully saturated rings. The van der Waals surface area contributed by atoms with Crippen LogP contribution in [0.4, 0.5) is 0 Å². The summed E-state index contributed by atoms with van der Waals surface area (Å²) >= 11 is 0. The number of quaternary nitrogens is 1.